The second-order valence-corrected chi connectivity index (χ2v) is 7.31. The van der Waals surface area contributed by atoms with Gasteiger partial charge in [0.15, 0.2) is 0 Å². The number of amides is 1. The van der Waals surface area contributed by atoms with Crippen LogP contribution in [0.25, 0.3) is 0 Å². The number of anilines is 1. The summed E-state index contributed by atoms with van der Waals surface area (Å²) in [6.45, 7) is 0.505. The van der Waals surface area contributed by atoms with Crippen LogP contribution in [0.5, 0.6) is 5.75 Å². The Kier molecular flexibility index (Phi) is 5.95. The molecule has 160 valence electrons. The first-order valence-corrected chi connectivity index (χ1v) is 9.92. The molecule has 1 heterocycles. The summed E-state index contributed by atoms with van der Waals surface area (Å²) in [5.74, 6) is 0.325. The molecule has 4 rings (SSSR count). The molecule has 0 radical (unpaired) electrons. The van der Waals surface area contributed by atoms with Crippen molar-refractivity contribution in [1.82, 2.24) is 5.32 Å². The maximum absolute atomic E-state index is 13.2. The highest BCUT2D eigenvalue weighted by atomic mass is 19.4. The van der Waals surface area contributed by atoms with Crippen molar-refractivity contribution >= 4 is 11.6 Å². The first-order valence-electron chi connectivity index (χ1n) is 9.92. The van der Waals surface area contributed by atoms with E-state index in [-0.39, 0.29) is 11.7 Å². The predicted molar refractivity (Wildman–Crippen MR) is 112 cm³/mol. The van der Waals surface area contributed by atoms with Crippen LogP contribution in [0.3, 0.4) is 0 Å². The molecule has 0 aliphatic carbocycles. The van der Waals surface area contributed by atoms with Crippen molar-refractivity contribution in [2.24, 2.45) is 0 Å². The number of benzene rings is 3. The fourth-order valence-electron chi connectivity index (χ4n) is 3.67. The van der Waals surface area contributed by atoms with Crippen LogP contribution in [0.15, 0.2) is 78.9 Å². The van der Waals surface area contributed by atoms with Crippen molar-refractivity contribution in [3.63, 3.8) is 0 Å². The van der Waals surface area contributed by atoms with Gasteiger partial charge in [0.1, 0.15) is 11.8 Å². The van der Waals surface area contributed by atoms with Gasteiger partial charge in [-0.1, -0.05) is 54.6 Å². The normalized spacial score (nSPS) is 16.7. The van der Waals surface area contributed by atoms with Gasteiger partial charge in [-0.25, -0.2) is 0 Å². The Labute approximate surface area is 178 Å². The van der Waals surface area contributed by atoms with E-state index < -0.39 is 23.7 Å². The molecule has 0 aromatic heterocycles. The third kappa shape index (κ3) is 4.88. The fraction of sp³-hybridized carbons (Fsp3) is 0.208. The van der Waals surface area contributed by atoms with Crippen LogP contribution in [0, 0.1) is 0 Å². The fourth-order valence-corrected chi connectivity index (χ4v) is 3.67. The van der Waals surface area contributed by atoms with Crippen molar-refractivity contribution in [2.45, 2.75) is 24.7 Å². The first kappa shape index (κ1) is 20.9. The Balaban J connectivity index is 1.60. The molecule has 3 aromatic rings. The summed E-state index contributed by atoms with van der Waals surface area (Å²) in [6, 6.07) is 20.5. The van der Waals surface area contributed by atoms with Gasteiger partial charge < -0.3 is 10.1 Å². The van der Waals surface area contributed by atoms with Gasteiger partial charge >= 0.3 is 6.18 Å². The number of carbonyl (C=O) groups is 1. The minimum absolute atomic E-state index is 0.0925. The van der Waals surface area contributed by atoms with Crippen molar-refractivity contribution in [2.75, 3.05) is 11.9 Å². The lowest BCUT2D eigenvalue weighted by molar-refractivity contribution is -0.137. The van der Waals surface area contributed by atoms with Crippen molar-refractivity contribution < 1.29 is 22.7 Å². The molecule has 31 heavy (non-hydrogen) atoms. The van der Waals surface area contributed by atoms with Crippen LogP contribution in [0.1, 0.15) is 35.2 Å². The predicted octanol–water partition coefficient (Wildman–Crippen LogP) is 5.50. The zero-order valence-corrected chi connectivity index (χ0v) is 16.5. The maximum atomic E-state index is 13.2. The number of halogens is 3. The van der Waals surface area contributed by atoms with E-state index >= 15 is 0 Å². The van der Waals surface area contributed by atoms with Gasteiger partial charge in [0.25, 0.3) is 0 Å². The standard InChI is InChI=1S/C24H21F3N2O2/c25-24(26,27)17-9-6-10-18(15-17)28-23(30)22(16-7-2-1-3-8-16)29-20-13-14-31-21-12-5-4-11-19(20)21/h1-12,15,20,22,29H,13-14H2,(H,28,30)/t20-,22-/m1/s1. The Hall–Kier alpha value is -3.32. The summed E-state index contributed by atoms with van der Waals surface area (Å²) < 4.78 is 44.8. The lowest BCUT2D eigenvalue weighted by atomic mass is 9.97. The van der Waals surface area contributed by atoms with Crippen molar-refractivity contribution in [3.8, 4) is 5.75 Å². The molecule has 2 atom stereocenters. The van der Waals surface area contributed by atoms with Gasteiger partial charge in [-0.15, -0.1) is 0 Å². The van der Waals surface area contributed by atoms with E-state index in [1.807, 2.05) is 54.6 Å². The van der Waals surface area contributed by atoms with Gasteiger partial charge in [0, 0.05) is 23.7 Å². The van der Waals surface area contributed by atoms with E-state index in [0.717, 1.165) is 29.0 Å². The van der Waals surface area contributed by atoms with Crippen LogP contribution >= 0.6 is 0 Å². The Morgan fingerprint density at radius 3 is 2.48 bits per heavy atom. The molecule has 0 bridgehead atoms. The van der Waals surface area contributed by atoms with Gasteiger partial charge in [0.05, 0.1) is 12.2 Å². The van der Waals surface area contributed by atoms with Gasteiger partial charge in [0.2, 0.25) is 5.91 Å². The second-order valence-electron chi connectivity index (χ2n) is 7.31. The molecule has 0 unspecified atom stereocenters. The zero-order chi connectivity index (χ0) is 21.8. The molecule has 4 nitrogen and oxygen atoms in total. The first-order chi connectivity index (χ1) is 14.9. The SMILES string of the molecule is O=C(Nc1cccc(C(F)(F)F)c1)[C@H](N[C@@H]1CCOc2ccccc21)c1ccccc1. The zero-order valence-electron chi connectivity index (χ0n) is 16.5. The molecular weight excluding hydrogens is 405 g/mol. The van der Waals surface area contributed by atoms with E-state index in [4.69, 9.17) is 4.74 Å². The van der Waals surface area contributed by atoms with E-state index in [1.54, 1.807) is 0 Å². The van der Waals surface area contributed by atoms with Crippen LogP contribution in [0.4, 0.5) is 18.9 Å². The number of carbonyl (C=O) groups excluding carboxylic acids is 1. The van der Waals surface area contributed by atoms with E-state index in [2.05, 4.69) is 10.6 Å². The lowest BCUT2D eigenvalue weighted by Crippen LogP contribution is -2.37. The summed E-state index contributed by atoms with van der Waals surface area (Å²) in [7, 11) is 0. The monoisotopic (exact) mass is 426 g/mol. The summed E-state index contributed by atoms with van der Waals surface area (Å²) in [5, 5.41) is 6.01. The quantitative estimate of drug-likeness (QED) is 0.567. The molecule has 1 aliphatic heterocycles. The number of alkyl halides is 3. The Morgan fingerprint density at radius 2 is 1.71 bits per heavy atom. The molecule has 3 aromatic carbocycles. The summed E-state index contributed by atoms with van der Waals surface area (Å²) in [5.41, 5.74) is 0.945. The number of fused-ring (bicyclic) bond motifs is 1. The van der Waals surface area contributed by atoms with Gasteiger partial charge in [-0.05, 0) is 29.8 Å². The molecule has 0 saturated carbocycles. The molecule has 0 fully saturated rings. The number of rotatable bonds is 5. The van der Waals surface area contributed by atoms with Gasteiger partial charge in [-0.2, -0.15) is 13.2 Å². The summed E-state index contributed by atoms with van der Waals surface area (Å²) in [6.07, 6.45) is -3.82. The summed E-state index contributed by atoms with van der Waals surface area (Å²) in [4.78, 5) is 13.2. The number of hydrogen-bond donors (Lipinski definition) is 2. The molecule has 7 heteroatoms. The minimum atomic E-state index is -4.48. The third-order valence-electron chi connectivity index (χ3n) is 5.18. The van der Waals surface area contributed by atoms with Crippen LogP contribution in [-0.2, 0) is 11.0 Å². The minimum Gasteiger partial charge on any atom is -0.493 e. The van der Waals surface area contributed by atoms with E-state index in [1.165, 1.54) is 12.1 Å². The largest absolute Gasteiger partial charge is 0.493 e. The molecule has 1 aliphatic rings. The average molecular weight is 426 g/mol. The van der Waals surface area contributed by atoms with Gasteiger partial charge in [-0.3, -0.25) is 10.1 Å². The number of para-hydroxylation sites is 1. The lowest BCUT2D eigenvalue weighted by Gasteiger charge is -2.30. The Morgan fingerprint density at radius 1 is 0.968 bits per heavy atom. The second kappa shape index (κ2) is 8.81. The molecule has 0 saturated heterocycles. The van der Waals surface area contributed by atoms with Crippen molar-refractivity contribution in [3.05, 3.63) is 95.6 Å². The molecule has 2 N–H and O–H groups in total. The van der Waals surface area contributed by atoms with E-state index in [9.17, 15) is 18.0 Å². The molecule has 1 amide bonds. The Bertz CT molecular complexity index is 1050. The summed E-state index contributed by atoms with van der Waals surface area (Å²) >= 11 is 0. The van der Waals surface area contributed by atoms with Crippen molar-refractivity contribution in [1.29, 1.82) is 0 Å². The molecule has 0 spiro atoms. The van der Waals surface area contributed by atoms with Crippen LogP contribution < -0.4 is 15.4 Å². The number of hydrogen-bond acceptors (Lipinski definition) is 3. The van der Waals surface area contributed by atoms with Crippen LogP contribution in [-0.4, -0.2) is 12.5 Å². The smallest absolute Gasteiger partial charge is 0.416 e. The van der Waals surface area contributed by atoms with Crippen LogP contribution in [0.2, 0.25) is 0 Å². The van der Waals surface area contributed by atoms with E-state index in [0.29, 0.717) is 13.0 Å². The number of nitrogens with one attached hydrogen (secondary N) is 2. The highest BCUT2D eigenvalue weighted by Crippen LogP contribution is 2.34. The third-order valence-corrected chi connectivity index (χ3v) is 5.18. The highest BCUT2D eigenvalue weighted by molar-refractivity contribution is 5.95. The molecular formula is C24H21F3N2O2. The average Bonchev–Trinajstić information content (AvgIpc) is 2.77. The number of ether oxygens (including phenoxy) is 1. The highest BCUT2D eigenvalue weighted by Gasteiger charge is 2.31. The maximum Gasteiger partial charge on any atom is 0.416 e. The topological polar surface area (TPSA) is 50.4 Å².